The molecule has 3 heterocycles. The minimum atomic E-state index is -0.256. The Morgan fingerprint density at radius 1 is 1.38 bits per heavy atom. The SMILES string of the molecule is CO[C@]12CC[C@H](O)C[C@H]1N(Cc1nc(-c3ccncc3)no1)CC2. The molecule has 1 aliphatic carbocycles. The van der Waals surface area contributed by atoms with Crippen molar-refractivity contribution in [1.82, 2.24) is 20.0 Å². The maximum absolute atomic E-state index is 10.1. The van der Waals surface area contributed by atoms with Gasteiger partial charge in [0.2, 0.25) is 11.7 Å². The molecule has 0 aromatic carbocycles. The number of nitrogens with zero attached hydrogens (tertiary/aromatic N) is 4. The second-order valence-corrected chi connectivity index (χ2v) is 6.68. The number of aromatic nitrogens is 3. The zero-order valence-electron chi connectivity index (χ0n) is 13.8. The molecule has 0 spiro atoms. The van der Waals surface area contributed by atoms with Crippen LogP contribution in [0.4, 0.5) is 0 Å². The first-order chi connectivity index (χ1) is 11.7. The van der Waals surface area contributed by atoms with Crippen LogP contribution in [0.5, 0.6) is 0 Å². The van der Waals surface area contributed by atoms with Crippen LogP contribution < -0.4 is 0 Å². The number of pyridine rings is 1. The lowest BCUT2D eigenvalue weighted by atomic mass is 9.79. The molecule has 7 nitrogen and oxygen atoms in total. The van der Waals surface area contributed by atoms with E-state index in [1.165, 1.54) is 0 Å². The Morgan fingerprint density at radius 3 is 3.00 bits per heavy atom. The quantitative estimate of drug-likeness (QED) is 0.912. The van der Waals surface area contributed by atoms with Gasteiger partial charge in [0.15, 0.2) is 0 Å². The first-order valence-corrected chi connectivity index (χ1v) is 8.40. The number of hydrogen-bond donors (Lipinski definition) is 1. The van der Waals surface area contributed by atoms with Crippen molar-refractivity contribution in [3.05, 3.63) is 30.4 Å². The number of methoxy groups -OCH3 is 1. The fraction of sp³-hybridized carbons (Fsp3) is 0.588. The van der Waals surface area contributed by atoms with Gasteiger partial charge in [0.25, 0.3) is 0 Å². The molecule has 24 heavy (non-hydrogen) atoms. The molecule has 2 aromatic heterocycles. The molecule has 2 fully saturated rings. The van der Waals surface area contributed by atoms with E-state index in [4.69, 9.17) is 9.26 Å². The van der Waals surface area contributed by atoms with Crippen LogP contribution in [-0.2, 0) is 11.3 Å². The summed E-state index contributed by atoms with van der Waals surface area (Å²) in [7, 11) is 1.78. The molecule has 0 radical (unpaired) electrons. The van der Waals surface area contributed by atoms with E-state index in [-0.39, 0.29) is 17.7 Å². The minimum absolute atomic E-state index is 0.146. The highest BCUT2D eigenvalue weighted by molar-refractivity contribution is 5.52. The van der Waals surface area contributed by atoms with Gasteiger partial charge < -0.3 is 14.4 Å². The van der Waals surface area contributed by atoms with E-state index < -0.39 is 0 Å². The lowest BCUT2D eigenvalue weighted by Crippen LogP contribution is -2.51. The first-order valence-electron chi connectivity index (χ1n) is 8.40. The Balaban J connectivity index is 1.51. The summed E-state index contributed by atoms with van der Waals surface area (Å²) < 4.78 is 11.3. The van der Waals surface area contributed by atoms with E-state index in [1.54, 1.807) is 19.5 Å². The fourth-order valence-electron chi connectivity index (χ4n) is 4.07. The highest BCUT2D eigenvalue weighted by Gasteiger charge is 2.50. The molecule has 1 saturated carbocycles. The summed E-state index contributed by atoms with van der Waals surface area (Å²) in [6, 6.07) is 3.91. The van der Waals surface area contributed by atoms with Crippen LogP contribution in [-0.4, -0.2) is 56.5 Å². The van der Waals surface area contributed by atoms with Crippen molar-refractivity contribution in [2.45, 2.75) is 50.0 Å². The molecule has 1 N–H and O–H groups in total. The molecule has 1 aliphatic heterocycles. The van der Waals surface area contributed by atoms with Gasteiger partial charge in [-0.05, 0) is 37.8 Å². The molecule has 0 amide bonds. The van der Waals surface area contributed by atoms with Crippen molar-refractivity contribution in [2.24, 2.45) is 0 Å². The van der Waals surface area contributed by atoms with Crippen molar-refractivity contribution >= 4 is 0 Å². The van der Waals surface area contributed by atoms with Crippen LogP contribution in [0.3, 0.4) is 0 Å². The highest BCUT2D eigenvalue weighted by Crippen LogP contribution is 2.42. The number of likely N-dealkylation sites (tertiary alicyclic amines) is 1. The Hall–Kier alpha value is -1.83. The standard InChI is InChI=1S/C17H22N4O3/c1-23-17-5-2-13(22)10-14(17)21(9-6-17)11-15-19-16(20-24-15)12-3-7-18-8-4-12/h3-4,7-8,13-14,22H,2,5-6,9-11H2,1H3/t13-,14+,17-/m0/s1. The third-order valence-electron chi connectivity index (χ3n) is 5.42. The van der Waals surface area contributed by atoms with Crippen LogP contribution >= 0.6 is 0 Å². The molecule has 1 saturated heterocycles. The predicted octanol–water partition coefficient (Wildman–Crippen LogP) is 1.64. The van der Waals surface area contributed by atoms with Gasteiger partial charge in [0.1, 0.15) is 0 Å². The van der Waals surface area contributed by atoms with Gasteiger partial charge >= 0.3 is 0 Å². The minimum Gasteiger partial charge on any atom is -0.393 e. The summed E-state index contributed by atoms with van der Waals surface area (Å²) >= 11 is 0. The van der Waals surface area contributed by atoms with Crippen LogP contribution in [0, 0.1) is 0 Å². The summed E-state index contributed by atoms with van der Waals surface area (Å²) in [6.45, 7) is 1.50. The van der Waals surface area contributed by atoms with E-state index in [0.29, 0.717) is 18.3 Å². The predicted molar refractivity (Wildman–Crippen MR) is 85.9 cm³/mol. The molecule has 2 aliphatic rings. The van der Waals surface area contributed by atoms with Crippen LogP contribution in [0.25, 0.3) is 11.4 Å². The molecular formula is C17H22N4O3. The molecule has 0 bridgehead atoms. The Kier molecular flexibility index (Phi) is 4.07. The summed E-state index contributed by atoms with van der Waals surface area (Å²) in [5.41, 5.74) is 0.744. The second kappa shape index (κ2) is 6.23. The van der Waals surface area contributed by atoms with Gasteiger partial charge in [0, 0.05) is 37.7 Å². The number of rotatable bonds is 4. The van der Waals surface area contributed by atoms with Crippen molar-refractivity contribution in [3.63, 3.8) is 0 Å². The van der Waals surface area contributed by atoms with E-state index in [0.717, 1.165) is 37.8 Å². The summed E-state index contributed by atoms with van der Waals surface area (Å²) in [4.78, 5) is 10.8. The smallest absolute Gasteiger partial charge is 0.241 e. The fourth-order valence-corrected chi connectivity index (χ4v) is 4.07. The van der Waals surface area contributed by atoms with Gasteiger partial charge in [-0.15, -0.1) is 0 Å². The number of aliphatic hydroxyl groups is 1. The van der Waals surface area contributed by atoms with Crippen molar-refractivity contribution < 1.29 is 14.4 Å². The molecule has 3 atom stereocenters. The van der Waals surface area contributed by atoms with Crippen molar-refractivity contribution in [3.8, 4) is 11.4 Å². The lowest BCUT2D eigenvalue weighted by Gasteiger charge is -2.42. The van der Waals surface area contributed by atoms with Crippen LogP contribution in [0.2, 0.25) is 0 Å². The van der Waals surface area contributed by atoms with Gasteiger partial charge in [-0.1, -0.05) is 5.16 Å². The van der Waals surface area contributed by atoms with Crippen molar-refractivity contribution in [1.29, 1.82) is 0 Å². The second-order valence-electron chi connectivity index (χ2n) is 6.68. The molecule has 4 rings (SSSR count). The third-order valence-corrected chi connectivity index (χ3v) is 5.42. The maximum atomic E-state index is 10.1. The molecule has 7 heteroatoms. The van der Waals surface area contributed by atoms with E-state index >= 15 is 0 Å². The normalized spacial score (nSPS) is 30.4. The largest absolute Gasteiger partial charge is 0.393 e. The number of hydrogen-bond acceptors (Lipinski definition) is 7. The molecule has 0 unspecified atom stereocenters. The number of fused-ring (bicyclic) bond motifs is 1. The zero-order valence-corrected chi connectivity index (χ0v) is 13.8. The summed E-state index contributed by atoms with van der Waals surface area (Å²) in [6.07, 6.45) is 6.59. The monoisotopic (exact) mass is 330 g/mol. The molecule has 128 valence electrons. The van der Waals surface area contributed by atoms with Gasteiger partial charge in [-0.25, -0.2) is 0 Å². The topological polar surface area (TPSA) is 84.5 Å². The lowest BCUT2D eigenvalue weighted by molar-refractivity contribution is -0.0887. The van der Waals surface area contributed by atoms with Gasteiger partial charge in [-0.3, -0.25) is 9.88 Å². The summed E-state index contributed by atoms with van der Waals surface area (Å²) in [5, 5.41) is 14.1. The number of aliphatic hydroxyl groups excluding tert-OH is 1. The van der Waals surface area contributed by atoms with E-state index in [2.05, 4.69) is 20.0 Å². The summed E-state index contributed by atoms with van der Waals surface area (Å²) in [5.74, 6) is 1.17. The highest BCUT2D eigenvalue weighted by atomic mass is 16.5. The average Bonchev–Trinajstić information content (AvgIpc) is 3.22. The molecular weight excluding hydrogens is 308 g/mol. The van der Waals surface area contributed by atoms with Crippen LogP contribution in [0.1, 0.15) is 31.6 Å². The van der Waals surface area contributed by atoms with Crippen molar-refractivity contribution in [2.75, 3.05) is 13.7 Å². The first kappa shape index (κ1) is 15.7. The molecule has 2 aromatic rings. The Labute approximate surface area is 140 Å². The zero-order chi connectivity index (χ0) is 16.6. The maximum Gasteiger partial charge on any atom is 0.241 e. The van der Waals surface area contributed by atoms with E-state index in [1.807, 2.05) is 12.1 Å². The Bertz CT molecular complexity index is 692. The Morgan fingerprint density at radius 2 is 2.21 bits per heavy atom. The van der Waals surface area contributed by atoms with Crippen LogP contribution in [0.15, 0.2) is 29.0 Å². The van der Waals surface area contributed by atoms with Gasteiger partial charge in [-0.2, -0.15) is 4.98 Å². The number of ether oxygens (including phenoxy) is 1. The van der Waals surface area contributed by atoms with E-state index in [9.17, 15) is 5.11 Å². The van der Waals surface area contributed by atoms with Gasteiger partial charge in [0.05, 0.1) is 18.2 Å². The third kappa shape index (κ3) is 2.72. The average molecular weight is 330 g/mol.